The lowest BCUT2D eigenvalue weighted by Gasteiger charge is -2.39. The van der Waals surface area contributed by atoms with Gasteiger partial charge in [-0.3, -0.25) is 4.79 Å². The predicted molar refractivity (Wildman–Crippen MR) is 55.1 cm³/mol. The molecule has 0 bridgehead atoms. The zero-order valence-corrected chi connectivity index (χ0v) is 8.99. The third-order valence-electron chi connectivity index (χ3n) is 3.33. The number of carboxylic acid groups (broad SMARTS) is 1. The van der Waals surface area contributed by atoms with Crippen molar-refractivity contribution in [3.8, 4) is 0 Å². The van der Waals surface area contributed by atoms with Gasteiger partial charge in [-0.05, 0) is 26.2 Å². The Balaban J connectivity index is 2.49. The second-order valence-electron chi connectivity index (χ2n) is 4.25. The van der Waals surface area contributed by atoms with Crippen molar-refractivity contribution in [3.05, 3.63) is 0 Å². The standard InChI is InChI=1S/C10H20N2O2/c1-3-8(2)12-6-4-10(11,5-7-12)9(13)14/h8H,3-7,11H2,1-2H3,(H,13,14). The summed E-state index contributed by atoms with van der Waals surface area (Å²) in [4.78, 5) is 13.2. The minimum Gasteiger partial charge on any atom is -0.480 e. The summed E-state index contributed by atoms with van der Waals surface area (Å²) in [6, 6.07) is 0.536. The molecule has 0 spiro atoms. The molecule has 4 heteroatoms. The van der Waals surface area contributed by atoms with E-state index >= 15 is 0 Å². The van der Waals surface area contributed by atoms with Gasteiger partial charge in [0, 0.05) is 19.1 Å². The van der Waals surface area contributed by atoms with Crippen LogP contribution in [-0.2, 0) is 4.79 Å². The Morgan fingerprint density at radius 1 is 1.57 bits per heavy atom. The van der Waals surface area contributed by atoms with E-state index in [-0.39, 0.29) is 0 Å². The van der Waals surface area contributed by atoms with Crippen LogP contribution in [0.5, 0.6) is 0 Å². The zero-order valence-electron chi connectivity index (χ0n) is 8.99. The van der Waals surface area contributed by atoms with Crippen LogP contribution in [-0.4, -0.2) is 40.6 Å². The largest absolute Gasteiger partial charge is 0.480 e. The van der Waals surface area contributed by atoms with Gasteiger partial charge in [0.2, 0.25) is 0 Å². The van der Waals surface area contributed by atoms with Gasteiger partial charge >= 0.3 is 5.97 Å². The first-order valence-electron chi connectivity index (χ1n) is 5.26. The minimum atomic E-state index is -0.982. The lowest BCUT2D eigenvalue weighted by atomic mass is 9.88. The van der Waals surface area contributed by atoms with Crippen molar-refractivity contribution in [2.45, 2.75) is 44.7 Å². The summed E-state index contributed by atoms with van der Waals surface area (Å²) in [5.74, 6) is -0.860. The van der Waals surface area contributed by atoms with Crippen molar-refractivity contribution in [3.63, 3.8) is 0 Å². The fourth-order valence-electron chi connectivity index (χ4n) is 1.84. The second kappa shape index (κ2) is 4.28. The molecular formula is C10H20N2O2. The number of rotatable bonds is 3. The summed E-state index contributed by atoms with van der Waals surface area (Å²) in [5, 5.41) is 8.94. The normalized spacial score (nSPS) is 24.5. The molecule has 3 N–H and O–H groups in total. The SMILES string of the molecule is CCC(C)N1CCC(N)(C(=O)O)CC1. The summed E-state index contributed by atoms with van der Waals surface area (Å²) < 4.78 is 0. The average Bonchev–Trinajstić information content (AvgIpc) is 2.17. The van der Waals surface area contributed by atoms with Gasteiger partial charge in [0.05, 0.1) is 0 Å². The molecule has 0 radical (unpaired) electrons. The predicted octanol–water partition coefficient (Wildman–Crippen LogP) is 0.663. The summed E-state index contributed by atoms with van der Waals surface area (Å²) >= 11 is 0. The van der Waals surface area contributed by atoms with Crippen LogP contribution in [0, 0.1) is 0 Å². The van der Waals surface area contributed by atoms with E-state index in [1.165, 1.54) is 0 Å². The van der Waals surface area contributed by atoms with Crippen LogP contribution in [0.15, 0.2) is 0 Å². The molecule has 1 fully saturated rings. The molecule has 0 aromatic rings. The molecule has 4 nitrogen and oxygen atoms in total. The van der Waals surface area contributed by atoms with Crippen LogP contribution in [0.25, 0.3) is 0 Å². The Labute approximate surface area is 85.1 Å². The third kappa shape index (κ3) is 2.25. The monoisotopic (exact) mass is 200 g/mol. The third-order valence-corrected chi connectivity index (χ3v) is 3.33. The molecular weight excluding hydrogens is 180 g/mol. The second-order valence-corrected chi connectivity index (χ2v) is 4.25. The molecule has 14 heavy (non-hydrogen) atoms. The number of nitrogens with two attached hydrogens (primary N) is 1. The highest BCUT2D eigenvalue weighted by molar-refractivity contribution is 5.78. The molecule has 1 aliphatic rings. The number of piperidine rings is 1. The van der Waals surface area contributed by atoms with Gasteiger partial charge < -0.3 is 15.7 Å². The van der Waals surface area contributed by atoms with Crippen LogP contribution < -0.4 is 5.73 Å². The van der Waals surface area contributed by atoms with Crippen molar-refractivity contribution in [2.75, 3.05) is 13.1 Å². The molecule has 1 unspecified atom stereocenters. The van der Waals surface area contributed by atoms with Crippen LogP contribution in [0.2, 0.25) is 0 Å². The first-order valence-corrected chi connectivity index (χ1v) is 5.26. The topological polar surface area (TPSA) is 66.6 Å². The van der Waals surface area contributed by atoms with Gasteiger partial charge in [-0.1, -0.05) is 6.92 Å². The highest BCUT2D eigenvalue weighted by atomic mass is 16.4. The number of carbonyl (C=O) groups is 1. The Bertz CT molecular complexity index is 210. The van der Waals surface area contributed by atoms with Crippen molar-refractivity contribution in [1.29, 1.82) is 0 Å². The minimum absolute atomic E-state index is 0.536. The van der Waals surface area contributed by atoms with Gasteiger partial charge in [0.15, 0.2) is 0 Å². The maximum Gasteiger partial charge on any atom is 0.323 e. The van der Waals surface area contributed by atoms with E-state index in [0.717, 1.165) is 19.5 Å². The average molecular weight is 200 g/mol. The molecule has 1 saturated heterocycles. The van der Waals surface area contributed by atoms with Gasteiger partial charge in [0.1, 0.15) is 5.54 Å². The lowest BCUT2D eigenvalue weighted by molar-refractivity contribution is -0.145. The fraction of sp³-hybridized carbons (Fsp3) is 0.900. The Morgan fingerprint density at radius 3 is 2.43 bits per heavy atom. The molecule has 1 atom stereocenters. The molecule has 1 rings (SSSR count). The van der Waals surface area contributed by atoms with Crippen LogP contribution >= 0.6 is 0 Å². The molecule has 1 heterocycles. The van der Waals surface area contributed by atoms with E-state index in [1.54, 1.807) is 0 Å². The Kier molecular flexibility index (Phi) is 3.50. The smallest absolute Gasteiger partial charge is 0.323 e. The number of hydrogen-bond acceptors (Lipinski definition) is 3. The number of nitrogens with zero attached hydrogens (tertiary/aromatic N) is 1. The van der Waals surface area contributed by atoms with Gasteiger partial charge in [-0.2, -0.15) is 0 Å². The number of aliphatic carboxylic acids is 1. The van der Waals surface area contributed by atoms with Crippen LogP contribution in [0.4, 0.5) is 0 Å². The summed E-state index contributed by atoms with van der Waals surface area (Å²) in [6.07, 6.45) is 2.23. The van der Waals surface area contributed by atoms with E-state index in [1.807, 2.05) is 0 Å². The van der Waals surface area contributed by atoms with Gasteiger partial charge in [-0.25, -0.2) is 0 Å². The van der Waals surface area contributed by atoms with E-state index in [0.29, 0.717) is 18.9 Å². The van der Waals surface area contributed by atoms with Crippen molar-refractivity contribution < 1.29 is 9.90 Å². The number of likely N-dealkylation sites (tertiary alicyclic amines) is 1. The summed E-state index contributed by atoms with van der Waals surface area (Å²) in [5.41, 5.74) is 4.80. The maximum absolute atomic E-state index is 10.9. The van der Waals surface area contributed by atoms with Crippen molar-refractivity contribution in [1.82, 2.24) is 4.90 Å². The molecule has 0 aromatic carbocycles. The molecule has 1 aliphatic heterocycles. The zero-order chi connectivity index (χ0) is 10.8. The Hall–Kier alpha value is -0.610. The van der Waals surface area contributed by atoms with Crippen LogP contribution in [0.3, 0.4) is 0 Å². The molecule has 82 valence electrons. The van der Waals surface area contributed by atoms with E-state index in [9.17, 15) is 4.79 Å². The number of carboxylic acids is 1. The lowest BCUT2D eigenvalue weighted by Crippen LogP contribution is -2.56. The Morgan fingerprint density at radius 2 is 2.07 bits per heavy atom. The van der Waals surface area contributed by atoms with Crippen molar-refractivity contribution in [2.24, 2.45) is 5.73 Å². The highest BCUT2D eigenvalue weighted by Gasteiger charge is 2.38. The first-order chi connectivity index (χ1) is 6.49. The van der Waals surface area contributed by atoms with E-state index < -0.39 is 11.5 Å². The maximum atomic E-state index is 10.9. The first kappa shape index (κ1) is 11.5. The highest BCUT2D eigenvalue weighted by Crippen LogP contribution is 2.21. The van der Waals surface area contributed by atoms with Crippen molar-refractivity contribution >= 4 is 5.97 Å². The molecule has 0 amide bonds. The van der Waals surface area contributed by atoms with E-state index in [2.05, 4.69) is 18.7 Å². The molecule has 0 aromatic heterocycles. The van der Waals surface area contributed by atoms with E-state index in [4.69, 9.17) is 10.8 Å². The van der Waals surface area contributed by atoms with Gasteiger partial charge in [-0.15, -0.1) is 0 Å². The molecule has 0 aliphatic carbocycles. The summed E-state index contributed by atoms with van der Waals surface area (Å²) in [6.45, 7) is 5.92. The van der Waals surface area contributed by atoms with Crippen LogP contribution in [0.1, 0.15) is 33.1 Å². The van der Waals surface area contributed by atoms with Gasteiger partial charge in [0.25, 0.3) is 0 Å². The molecule has 0 saturated carbocycles. The number of hydrogen-bond donors (Lipinski definition) is 2. The fourth-order valence-corrected chi connectivity index (χ4v) is 1.84. The quantitative estimate of drug-likeness (QED) is 0.702. The summed E-state index contributed by atoms with van der Waals surface area (Å²) in [7, 11) is 0.